The normalized spacial score (nSPS) is 12.1. The summed E-state index contributed by atoms with van der Waals surface area (Å²) in [6, 6.07) is 26.9. The number of aromatic nitrogens is 2. The van der Waals surface area contributed by atoms with Gasteiger partial charge in [-0.1, -0.05) is 61.0 Å². The molecule has 0 atom stereocenters. The first-order chi connectivity index (χ1) is 34.8. The Kier molecular flexibility index (Phi) is 29.6. The van der Waals surface area contributed by atoms with Crippen molar-refractivity contribution in [1.29, 1.82) is 0 Å². The largest absolute Gasteiger partial charge is 0.464 e. The molecule has 1 amide bonds. The van der Waals surface area contributed by atoms with Crippen LogP contribution in [-0.4, -0.2) is 161 Å². The van der Waals surface area contributed by atoms with Crippen molar-refractivity contribution in [1.82, 2.24) is 25.1 Å². The minimum atomic E-state index is -0.484. The Bertz CT molecular complexity index is 2150. The number of nitrogens with zero attached hydrogens (tertiary/aromatic N) is 5. The van der Waals surface area contributed by atoms with Crippen LogP contribution >= 0.6 is 11.8 Å². The van der Waals surface area contributed by atoms with E-state index in [2.05, 4.69) is 38.4 Å². The molecule has 1 aliphatic heterocycles. The number of benzene rings is 2. The number of aryl methyl sites for hydroxylation is 2. The molecule has 0 saturated carbocycles. The zero-order chi connectivity index (χ0) is 50.7. The molecule has 0 saturated heterocycles. The summed E-state index contributed by atoms with van der Waals surface area (Å²) in [5.41, 5.74) is 6.68. The van der Waals surface area contributed by atoms with Crippen molar-refractivity contribution >= 4 is 41.6 Å². The van der Waals surface area contributed by atoms with Crippen LogP contribution in [0.1, 0.15) is 87.6 Å². The Morgan fingerprint density at radius 2 is 1.21 bits per heavy atom. The summed E-state index contributed by atoms with van der Waals surface area (Å²) in [5, 5.41) is 12.7. The Hall–Kier alpha value is -5.11. The van der Waals surface area contributed by atoms with Crippen molar-refractivity contribution in [2.45, 2.75) is 71.0 Å². The molecule has 388 valence electrons. The molecular formula is C54H76N6O10S. The number of carbonyl (C=O) groups excluding carboxylic acids is 4. The van der Waals surface area contributed by atoms with Gasteiger partial charge >= 0.3 is 11.9 Å². The number of hydrogen-bond acceptors (Lipinski definition) is 16. The number of aliphatic hydroxyl groups is 1. The number of ether oxygens (including phenoxy) is 5. The lowest BCUT2D eigenvalue weighted by Crippen LogP contribution is -2.32. The quantitative estimate of drug-likeness (QED) is 0.0312. The van der Waals surface area contributed by atoms with Crippen molar-refractivity contribution in [3.05, 3.63) is 124 Å². The van der Waals surface area contributed by atoms with E-state index in [1.54, 1.807) is 18.2 Å². The van der Waals surface area contributed by atoms with Crippen molar-refractivity contribution in [2.75, 3.05) is 117 Å². The fourth-order valence-corrected chi connectivity index (χ4v) is 8.70. The van der Waals surface area contributed by atoms with Gasteiger partial charge in [-0.15, -0.1) is 0 Å². The topological polar surface area (TPSA) is 182 Å². The molecule has 0 spiro atoms. The molecule has 5 rings (SSSR count). The molecule has 16 nitrogen and oxygen atoms in total. The fraction of sp³-hybridized carbons (Fsp3) is 0.519. The molecular weight excluding hydrogens is 925 g/mol. The lowest BCUT2D eigenvalue weighted by molar-refractivity contribution is -0.120. The van der Waals surface area contributed by atoms with Gasteiger partial charge in [0, 0.05) is 64.4 Å². The highest BCUT2D eigenvalue weighted by Gasteiger charge is 2.22. The lowest BCUT2D eigenvalue weighted by Gasteiger charge is -2.28. The van der Waals surface area contributed by atoms with Gasteiger partial charge in [-0.2, -0.15) is 11.8 Å². The minimum Gasteiger partial charge on any atom is -0.464 e. The van der Waals surface area contributed by atoms with Crippen molar-refractivity contribution < 1.29 is 48.0 Å². The number of nitrogens with one attached hydrogen (secondary N) is 1. The number of methoxy groups -OCH3 is 2. The number of carbonyl (C=O) groups is 4. The summed E-state index contributed by atoms with van der Waals surface area (Å²) in [7, 11) is 4.67. The van der Waals surface area contributed by atoms with Gasteiger partial charge in [0.05, 0.1) is 71.8 Å². The van der Waals surface area contributed by atoms with Crippen LogP contribution in [-0.2, 0) is 65.7 Å². The summed E-state index contributed by atoms with van der Waals surface area (Å²) in [6.45, 7) is 8.27. The van der Waals surface area contributed by atoms with Crippen LogP contribution in [0.2, 0.25) is 0 Å². The number of rotatable bonds is 33. The number of hydrogen-bond donors (Lipinski definition) is 2. The van der Waals surface area contributed by atoms with Gasteiger partial charge in [0.2, 0.25) is 5.91 Å². The van der Waals surface area contributed by atoms with E-state index in [1.807, 2.05) is 77.1 Å². The second kappa shape index (κ2) is 35.9. The molecule has 3 heterocycles. The van der Waals surface area contributed by atoms with Gasteiger partial charge in [0.15, 0.2) is 0 Å². The zero-order valence-corrected chi connectivity index (χ0v) is 42.9. The number of esters is 2. The van der Waals surface area contributed by atoms with Crippen LogP contribution in [0, 0.1) is 0 Å². The molecule has 0 aliphatic carbocycles. The van der Waals surface area contributed by atoms with Gasteiger partial charge in [-0.25, -0.2) is 19.6 Å². The van der Waals surface area contributed by atoms with Crippen LogP contribution in [0.3, 0.4) is 0 Å². The van der Waals surface area contributed by atoms with Gasteiger partial charge in [0.25, 0.3) is 0 Å². The molecule has 2 N–H and O–H groups in total. The molecule has 2 aromatic carbocycles. The molecule has 2 aromatic heterocycles. The predicted molar refractivity (Wildman–Crippen MR) is 278 cm³/mol. The van der Waals surface area contributed by atoms with Gasteiger partial charge < -0.3 is 43.8 Å². The van der Waals surface area contributed by atoms with Crippen LogP contribution in [0.25, 0.3) is 0 Å². The number of pyridine rings is 2. The summed E-state index contributed by atoms with van der Waals surface area (Å²) in [4.78, 5) is 61.8. The third kappa shape index (κ3) is 22.9. The van der Waals surface area contributed by atoms with E-state index in [4.69, 9.17) is 23.7 Å². The Labute approximate surface area is 425 Å². The monoisotopic (exact) mass is 1000 g/mol. The van der Waals surface area contributed by atoms with Crippen molar-refractivity contribution in [2.24, 2.45) is 0 Å². The molecule has 17 heteroatoms. The molecule has 4 aromatic rings. The number of aliphatic hydroxyl groups excluding tert-OH is 1. The SMILES string of the molecule is CNCCCCCSCCCOCCN(CCOCCOCCN(CCO)Cc1cccc(C(=O)OC)n1)Cc1cccc(C(=O)OC)n1.O=CCCC(=O)N1Cc2ccccc2CCc2ccccc21. The highest BCUT2D eigenvalue weighted by atomic mass is 32.2. The average molecular weight is 1000 g/mol. The maximum Gasteiger partial charge on any atom is 0.356 e. The first kappa shape index (κ1) is 58.5. The smallest absolute Gasteiger partial charge is 0.356 e. The maximum atomic E-state index is 12.6. The van der Waals surface area contributed by atoms with Crippen molar-refractivity contribution in [3.63, 3.8) is 0 Å². The molecule has 0 unspecified atom stereocenters. The third-order valence-electron chi connectivity index (χ3n) is 11.6. The Balaban J connectivity index is 0.000000409. The van der Waals surface area contributed by atoms with E-state index in [0.29, 0.717) is 84.5 Å². The van der Waals surface area contributed by atoms with Crippen molar-refractivity contribution in [3.8, 4) is 0 Å². The standard InChI is InChI=1S/C35H57N5O8S.C19H19NO2/c1-36-14-5-4-6-26-49-27-9-20-46-21-17-40(29-31-11-8-13-33(38-31)35(43)45-3)18-23-48-25-24-47-22-16-39(15-19-41)28-30-10-7-12-32(37-30)34(42)44-2;21-13-5-10-19(22)20-14-17-8-2-1-6-15(17)11-12-16-7-3-4-9-18(16)20/h7-8,10-13,36,41H,4-6,9,14-29H2,1-3H3;1-4,6-9,13H,5,10-12,14H2. The summed E-state index contributed by atoms with van der Waals surface area (Å²) < 4.78 is 27.2. The third-order valence-corrected chi connectivity index (χ3v) is 12.7. The van der Waals surface area contributed by atoms with E-state index in [1.165, 1.54) is 55.9 Å². The Morgan fingerprint density at radius 3 is 1.80 bits per heavy atom. The second-order valence-corrected chi connectivity index (χ2v) is 18.1. The number of fused-ring (bicyclic) bond motifs is 2. The molecule has 0 fully saturated rings. The summed E-state index contributed by atoms with van der Waals surface area (Å²) >= 11 is 2.00. The zero-order valence-electron chi connectivity index (χ0n) is 42.1. The number of amides is 1. The van der Waals surface area contributed by atoms with Crippen LogP contribution in [0.15, 0.2) is 84.9 Å². The fourth-order valence-electron chi connectivity index (χ4n) is 7.77. The van der Waals surface area contributed by atoms with Crippen LogP contribution in [0.4, 0.5) is 5.69 Å². The van der Waals surface area contributed by atoms with Gasteiger partial charge in [0.1, 0.15) is 17.7 Å². The highest BCUT2D eigenvalue weighted by molar-refractivity contribution is 7.99. The molecule has 0 radical (unpaired) electrons. The number of thioether (sulfide) groups is 1. The molecule has 71 heavy (non-hydrogen) atoms. The number of para-hydroxylation sites is 1. The molecule has 0 bridgehead atoms. The molecule has 1 aliphatic rings. The van der Waals surface area contributed by atoms with E-state index < -0.39 is 11.9 Å². The minimum absolute atomic E-state index is 0.000553. The van der Waals surface area contributed by atoms with E-state index in [9.17, 15) is 24.3 Å². The van der Waals surface area contributed by atoms with Crippen LogP contribution in [0.5, 0.6) is 0 Å². The van der Waals surface area contributed by atoms with Gasteiger partial charge in [-0.05, 0) is 104 Å². The first-order valence-corrected chi connectivity index (χ1v) is 25.9. The second-order valence-electron chi connectivity index (χ2n) is 16.8. The van der Waals surface area contributed by atoms with E-state index in [-0.39, 0.29) is 36.7 Å². The number of aldehydes is 1. The number of anilines is 1. The maximum absolute atomic E-state index is 12.6. The first-order valence-electron chi connectivity index (χ1n) is 24.8. The van der Waals surface area contributed by atoms with Crippen LogP contribution < -0.4 is 10.2 Å². The summed E-state index contributed by atoms with van der Waals surface area (Å²) in [6.07, 6.45) is 8.06. The number of unbranched alkanes of at least 4 members (excludes halogenated alkanes) is 2. The van der Waals surface area contributed by atoms with E-state index >= 15 is 0 Å². The lowest BCUT2D eigenvalue weighted by atomic mass is 9.95. The predicted octanol–water partition coefficient (Wildman–Crippen LogP) is 6.21. The van der Waals surface area contributed by atoms with E-state index in [0.717, 1.165) is 55.8 Å². The Morgan fingerprint density at radius 1 is 0.662 bits per heavy atom. The van der Waals surface area contributed by atoms with Gasteiger partial charge in [-0.3, -0.25) is 14.6 Å². The summed E-state index contributed by atoms with van der Waals surface area (Å²) in [5.74, 6) is 1.38. The average Bonchev–Trinajstić information content (AvgIpc) is 3.39. The highest BCUT2D eigenvalue weighted by Crippen LogP contribution is 2.29.